The van der Waals surface area contributed by atoms with Gasteiger partial charge in [0.2, 0.25) is 0 Å². The van der Waals surface area contributed by atoms with Gasteiger partial charge < -0.3 is 15.5 Å². The fourth-order valence-electron chi connectivity index (χ4n) is 2.73. The number of hydrogen-bond donors (Lipinski definition) is 2. The maximum absolute atomic E-state index is 12.4. The molecule has 0 bridgehead atoms. The van der Waals surface area contributed by atoms with Crippen molar-refractivity contribution in [1.29, 1.82) is 0 Å². The first-order chi connectivity index (χ1) is 9.61. The van der Waals surface area contributed by atoms with E-state index in [1.165, 1.54) is 0 Å². The number of carbonyl (C=O) groups is 1. The van der Waals surface area contributed by atoms with E-state index in [1.54, 1.807) is 12.4 Å². The van der Waals surface area contributed by atoms with Crippen LogP contribution >= 0.6 is 0 Å². The van der Waals surface area contributed by atoms with Gasteiger partial charge in [0.15, 0.2) is 0 Å². The van der Waals surface area contributed by atoms with Crippen molar-refractivity contribution in [3.05, 3.63) is 24.0 Å². The van der Waals surface area contributed by atoms with Crippen molar-refractivity contribution in [2.75, 3.05) is 32.0 Å². The monoisotopic (exact) mass is 276 g/mol. The minimum absolute atomic E-state index is 0.0320. The second kappa shape index (κ2) is 6.70. The Labute approximate surface area is 120 Å². The summed E-state index contributed by atoms with van der Waals surface area (Å²) in [6.07, 6.45) is 4.33. The zero-order valence-corrected chi connectivity index (χ0v) is 12.5. The molecule has 0 saturated carbocycles. The molecule has 1 fully saturated rings. The normalized spacial score (nSPS) is 23.4. The van der Waals surface area contributed by atoms with E-state index < -0.39 is 0 Å². The average Bonchev–Trinajstić information content (AvgIpc) is 2.43. The first-order valence-corrected chi connectivity index (χ1v) is 7.29. The highest BCUT2D eigenvalue weighted by molar-refractivity contribution is 5.99. The molecule has 110 valence electrons. The maximum Gasteiger partial charge on any atom is 0.255 e. The van der Waals surface area contributed by atoms with Crippen LogP contribution < -0.4 is 10.6 Å². The molecule has 1 aromatic heterocycles. The first kappa shape index (κ1) is 14.8. The molecule has 0 radical (unpaired) electrons. The molecule has 2 atom stereocenters. The van der Waals surface area contributed by atoms with Crippen LogP contribution in [0.1, 0.15) is 30.6 Å². The summed E-state index contributed by atoms with van der Waals surface area (Å²) in [5.74, 6) is 0.437. The Kier molecular flexibility index (Phi) is 4.95. The Morgan fingerprint density at radius 3 is 3.05 bits per heavy atom. The summed E-state index contributed by atoms with van der Waals surface area (Å²) >= 11 is 0. The van der Waals surface area contributed by atoms with Crippen LogP contribution in [0.25, 0.3) is 0 Å². The maximum atomic E-state index is 12.4. The van der Waals surface area contributed by atoms with Crippen LogP contribution in [-0.2, 0) is 0 Å². The minimum Gasteiger partial charge on any atom is -0.385 e. The quantitative estimate of drug-likeness (QED) is 0.877. The molecule has 2 heterocycles. The second-order valence-electron chi connectivity index (χ2n) is 5.56. The van der Waals surface area contributed by atoms with Crippen molar-refractivity contribution in [2.45, 2.75) is 26.3 Å². The summed E-state index contributed by atoms with van der Waals surface area (Å²) in [5, 5.41) is 6.36. The van der Waals surface area contributed by atoms with Crippen molar-refractivity contribution in [2.24, 2.45) is 5.92 Å². The fraction of sp³-hybridized carbons (Fsp3) is 0.600. The number of anilines is 1. The standard InChI is InChI=1S/C15H24N4O/c1-4-17-14-5-7-16-9-12(14)15(20)18-13-6-8-19(3)10-11(13)2/h5,7,9,11,13H,4,6,8,10H2,1-3H3,(H,16,17)(H,18,20). The number of pyridine rings is 1. The van der Waals surface area contributed by atoms with Crippen LogP contribution in [0.15, 0.2) is 18.5 Å². The van der Waals surface area contributed by atoms with Crippen LogP contribution in [0.5, 0.6) is 0 Å². The zero-order chi connectivity index (χ0) is 14.5. The van der Waals surface area contributed by atoms with Gasteiger partial charge in [-0.2, -0.15) is 0 Å². The molecule has 1 aliphatic heterocycles. The third kappa shape index (κ3) is 3.48. The molecular weight excluding hydrogens is 252 g/mol. The van der Waals surface area contributed by atoms with Crippen LogP contribution in [0.3, 0.4) is 0 Å². The Morgan fingerprint density at radius 2 is 2.35 bits per heavy atom. The van der Waals surface area contributed by atoms with E-state index in [9.17, 15) is 4.79 Å². The van der Waals surface area contributed by atoms with Gasteiger partial charge in [-0.1, -0.05) is 6.92 Å². The summed E-state index contributed by atoms with van der Waals surface area (Å²) in [7, 11) is 2.12. The number of nitrogens with zero attached hydrogens (tertiary/aromatic N) is 2. The molecule has 5 heteroatoms. The number of likely N-dealkylation sites (tertiary alicyclic amines) is 1. The highest BCUT2D eigenvalue weighted by Crippen LogP contribution is 2.18. The number of rotatable bonds is 4. The highest BCUT2D eigenvalue weighted by atomic mass is 16.1. The molecular formula is C15H24N4O. The van der Waals surface area contributed by atoms with Crippen molar-refractivity contribution in [3.63, 3.8) is 0 Å². The number of nitrogens with one attached hydrogen (secondary N) is 2. The third-order valence-electron chi connectivity index (χ3n) is 3.86. The van der Waals surface area contributed by atoms with Gasteiger partial charge >= 0.3 is 0 Å². The molecule has 0 spiro atoms. The molecule has 1 saturated heterocycles. The topological polar surface area (TPSA) is 57.3 Å². The van der Waals surface area contributed by atoms with E-state index in [-0.39, 0.29) is 11.9 Å². The van der Waals surface area contributed by atoms with E-state index >= 15 is 0 Å². The van der Waals surface area contributed by atoms with Gasteiger partial charge in [0.25, 0.3) is 5.91 Å². The molecule has 1 amide bonds. The summed E-state index contributed by atoms with van der Waals surface area (Å²) in [4.78, 5) is 18.8. The summed E-state index contributed by atoms with van der Waals surface area (Å²) < 4.78 is 0. The predicted molar refractivity (Wildman–Crippen MR) is 80.9 cm³/mol. The number of aromatic nitrogens is 1. The van der Waals surface area contributed by atoms with Crippen molar-refractivity contribution in [3.8, 4) is 0 Å². The Hall–Kier alpha value is -1.62. The van der Waals surface area contributed by atoms with Crippen LogP contribution in [0, 0.1) is 5.92 Å². The minimum atomic E-state index is -0.0320. The van der Waals surface area contributed by atoms with E-state index in [0.29, 0.717) is 11.5 Å². The van der Waals surface area contributed by atoms with Gasteiger partial charge in [0, 0.05) is 31.5 Å². The lowest BCUT2D eigenvalue weighted by Crippen LogP contribution is -2.49. The Morgan fingerprint density at radius 1 is 1.55 bits per heavy atom. The molecule has 0 aliphatic carbocycles. The Balaban J connectivity index is 2.05. The van der Waals surface area contributed by atoms with Crippen LogP contribution in [-0.4, -0.2) is 48.5 Å². The zero-order valence-electron chi connectivity index (χ0n) is 12.5. The lowest BCUT2D eigenvalue weighted by Gasteiger charge is -2.35. The van der Waals surface area contributed by atoms with Gasteiger partial charge in [-0.15, -0.1) is 0 Å². The summed E-state index contributed by atoms with van der Waals surface area (Å²) in [6, 6.07) is 2.09. The second-order valence-corrected chi connectivity index (χ2v) is 5.56. The molecule has 2 rings (SSSR count). The van der Waals surface area contributed by atoms with Crippen molar-refractivity contribution in [1.82, 2.24) is 15.2 Å². The number of amides is 1. The van der Waals surface area contributed by atoms with Crippen molar-refractivity contribution < 1.29 is 4.79 Å². The van der Waals surface area contributed by atoms with Gasteiger partial charge in [-0.3, -0.25) is 9.78 Å². The van der Waals surface area contributed by atoms with E-state index in [1.807, 2.05) is 13.0 Å². The first-order valence-electron chi connectivity index (χ1n) is 7.29. The number of hydrogen-bond acceptors (Lipinski definition) is 4. The van der Waals surface area contributed by atoms with Gasteiger partial charge in [-0.05, 0) is 38.9 Å². The van der Waals surface area contributed by atoms with Crippen molar-refractivity contribution >= 4 is 11.6 Å². The largest absolute Gasteiger partial charge is 0.385 e. The molecule has 2 unspecified atom stereocenters. The fourth-order valence-corrected chi connectivity index (χ4v) is 2.73. The number of carbonyl (C=O) groups excluding carboxylic acids is 1. The third-order valence-corrected chi connectivity index (χ3v) is 3.86. The molecule has 5 nitrogen and oxygen atoms in total. The average molecular weight is 276 g/mol. The lowest BCUT2D eigenvalue weighted by molar-refractivity contribution is 0.0884. The molecule has 20 heavy (non-hydrogen) atoms. The van der Waals surface area contributed by atoms with Gasteiger partial charge in [0.1, 0.15) is 0 Å². The highest BCUT2D eigenvalue weighted by Gasteiger charge is 2.26. The Bertz CT molecular complexity index is 463. The smallest absolute Gasteiger partial charge is 0.255 e. The molecule has 2 N–H and O–H groups in total. The molecule has 1 aromatic rings. The van der Waals surface area contributed by atoms with Crippen LogP contribution in [0.2, 0.25) is 0 Å². The SMILES string of the molecule is CCNc1ccncc1C(=O)NC1CCN(C)CC1C. The van der Waals surface area contributed by atoms with Gasteiger partial charge in [0.05, 0.1) is 11.3 Å². The lowest BCUT2D eigenvalue weighted by atomic mass is 9.94. The van der Waals surface area contributed by atoms with Gasteiger partial charge in [-0.25, -0.2) is 0 Å². The summed E-state index contributed by atoms with van der Waals surface area (Å²) in [5.41, 5.74) is 1.47. The van der Waals surface area contributed by atoms with E-state index in [0.717, 1.165) is 31.7 Å². The summed E-state index contributed by atoms with van der Waals surface area (Å²) in [6.45, 7) is 7.05. The van der Waals surface area contributed by atoms with Crippen LogP contribution in [0.4, 0.5) is 5.69 Å². The predicted octanol–water partition coefficient (Wildman–Crippen LogP) is 1.58. The number of piperidine rings is 1. The molecule has 0 aromatic carbocycles. The van der Waals surface area contributed by atoms with E-state index in [4.69, 9.17) is 0 Å². The van der Waals surface area contributed by atoms with E-state index in [2.05, 4.69) is 34.5 Å². The molecule has 1 aliphatic rings.